The van der Waals surface area contributed by atoms with Gasteiger partial charge in [-0.15, -0.1) is 0 Å². The fourth-order valence-corrected chi connectivity index (χ4v) is 7.87. The van der Waals surface area contributed by atoms with E-state index in [1.165, 1.54) is 0 Å². The topological polar surface area (TPSA) is 93.1 Å². The van der Waals surface area contributed by atoms with E-state index in [-0.39, 0.29) is 29.0 Å². The number of hydrogen-bond acceptors (Lipinski definition) is 5. The lowest BCUT2D eigenvalue weighted by Gasteiger charge is -2.59. The number of aliphatic hydroxyl groups is 1. The molecule has 0 aromatic carbocycles. The smallest absolute Gasteiger partial charge is 0.339 e. The molecule has 2 N–H and O–H groups in total. The quantitative estimate of drug-likeness (QED) is 0.734. The number of carboxylic acids is 1. The number of aliphatic carboxylic acids is 1. The van der Waals surface area contributed by atoms with Gasteiger partial charge >= 0.3 is 5.97 Å². The summed E-state index contributed by atoms with van der Waals surface area (Å²) in [6.45, 7) is 6.15. The number of carbonyl (C=O) groups excluding carboxylic acids is 1. The first-order valence-corrected chi connectivity index (χ1v) is 11.4. The Morgan fingerprint density at radius 1 is 1.33 bits per heavy atom. The van der Waals surface area contributed by atoms with Crippen molar-refractivity contribution >= 4 is 11.8 Å². The molecule has 3 saturated carbocycles. The summed E-state index contributed by atoms with van der Waals surface area (Å²) in [4.78, 5) is 24.6. The predicted octanol–water partition coefficient (Wildman–Crippen LogP) is 3.24. The minimum Gasteiger partial charge on any atom is -0.479 e. The number of ketones is 1. The Balaban J connectivity index is 1.55. The lowest BCUT2D eigenvalue weighted by molar-refractivity contribution is -0.210. The van der Waals surface area contributed by atoms with E-state index in [1.54, 1.807) is 12.2 Å². The van der Waals surface area contributed by atoms with E-state index in [2.05, 4.69) is 6.92 Å². The van der Waals surface area contributed by atoms with Crippen LogP contribution in [0.5, 0.6) is 0 Å². The van der Waals surface area contributed by atoms with Gasteiger partial charge in [0.2, 0.25) is 0 Å². The molecule has 4 aliphatic carbocycles. The highest BCUT2D eigenvalue weighted by Crippen LogP contribution is 2.69. The molecule has 0 aromatic rings. The summed E-state index contributed by atoms with van der Waals surface area (Å²) in [7, 11) is 0. The van der Waals surface area contributed by atoms with E-state index in [0.29, 0.717) is 19.3 Å². The third kappa shape index (κ3) is 2.36. The number of fused-ring (bicyclic) bond motifs is 7. The minimum absolute atomic E-state index is 0.0139. The summed E-state index contributed by atoms with van der Waals surface area (Å²) >= 11 is 0. The minimum atomic E-state index is -1.40. The first kappa shape index (κ1) is 20.4. The van der Waals surface area contributed by atoms with Crippen molar-refractivity contribution in [2.24, 2.45) is 28.6 Å². The summed E-state index contributed by atoms with van der Waals surface area (Å²) in [6.07, 6.45) is 7.90. The van der Waals surface area contributed by atoms with Crippen molar-refractivity contribution < 1.29 is 29.3 Å². The van der Waals surface area contributed by atoms with Crippen LogP contribution in [0.15, 0.2) is 23.8 Å². The molecule has 0 aromatic heterocycles. The third-order valence-corrected chi connectivity index (χ3v) is 9.13. The summed E-state index contributed by atoms with van der Waals surface area (Å²) in [5.74, 6) is -0.722. The van der Waals surface area contributed by atoms with Gasteiger partial charge in [0.15, 0.2) is 17.7 Å². The third-order valence-electron chi connectivity index (χ3n) is 9.13. The second kappa shape index (κ2) is 6.50. The molecule has 1 saturated heterocycles. The molecule has 4 fully saturated rings. The number of rotatable bonds is 3. The van der Waals surface area contributed by atoms with Crippen LogP contribution < -0.4 is 0 Å². The summed E-state index contributed by atoms with van der Waals surface area (Å²) in [5.41, 5.74) is -1.37. The van der Waals surface area contributed by atoms with Crippen molar-refractivity contribution in [2.75, 3.05) is 0 Å². The van der Waals surface area contributed by atoms with Crippen molar-refractivity contribution in [1.82, 2.24) is 0 Å². The Morgan fingerprint density at radius 3 is 2.80 bits per heavy atom. The lowest BCUT2D eigenvalue weighted by atomic mass is 9.46. The Kier molecular flexibility index (Phi) is 4.42. The van der Waals surface area contributed by atoms with Crippen molar-refractivity contribution in [3.63, 3.8) is 0 Å². The van der Waals surface area contributed by atoms with E-state index in [4.69, 9.17) is 9.47 Å². The molecule has 9 atom stereocenters. The van der Waals surface area contributed by atoms with E-state index < -0.39 is 35.5 Å². The number of aliphatic hydroxyl groups excluding tert-OH is 1. The molecule has 6 heteroatoms. The molecule has 5 aliphatic rings. The lowest BCUT2D eigenvalue weighted by Crippen LogP contribution is -2.63. The number of ether oxygens (including phenoxy) is 2. The predicted molar refractivity (Wildman–Crippen MR) is 108 cm³/mol. The first-order chi connectivity index (χ1) is 14.2. The SMILES string of the molecule is CCC[C@@H]1O[C@H]2C[C@H]3[C@@H]4CCC5=CC(=O)C=C[C@]5(C)[C@H]4[C@H](O)C[C@]3(C)[C@]2(C(=O)O)O1. The van der Waals surface area contributed by atoms with Crippen LogP contribution in [0.2, 0.25) is 0 Å². The van der Waals surface area contributed by atoms with Gasteiger partial charge in [0, 0.05) is 16.7 Å². The average molecular weight is 417 g/mol. The van der Waals surface area contributed by atoms with E-state index >= 15 is 0 Å². The van der Waals surface area contributed by atoms with E-state index in [0.717, 1.165) is 24.8 Å². The highest BCUT2D eigenvalue weighted by Gasteiger charge is 2.76. The van der Waals surface area contributed by atoms with Gasteiger partial charge in [-0.25, -0.2) is 4.79 Å². The standard InChI is InChI=1S/C24H32O6/c1-4-5-19-29-18-11-16-15-7-6-13-10-14(25)8-9-22(13,2)20(15)17(26)12-23(16,3)24(18,30-19)21(27)28/h8-10,15-20,26H,4-7,11-12H2,1-3H3,(H,27,28)/t15-,16-,17+,18-,19+,20+,22-,23-,24-/m0/s1. The molecular weight excluding hydrogens is 384 g/mol. The normalized spacial score (nSPS) is 51.6. The van der Waals surface area contributed by atoms with Crippen LogP contribution in [-0.2, 0) is 19.1 Å². The second-order valence-electron chi connectivity index (χ2n) is 10.4. The molecule has 0 unspecified atom stereocenters. The van der Waals surface area contributed by atoms with Gasteiger partial charge in [0.1, 0.15) is 6.10 Å². The summed E-state index contributed by atoms with van der Waals surface area (Å²) in [5, 5.41) is 21.8. The maximum absolute atomic E-state index is 12.7. The van der Waals surface area contributed by atoms with Crippen LogP contribution in [0.25, 0.3) is 0 Å². The van der Waals surface area contributed by atoms with Crippen molar-refractivity contribution in [3.8, 4) is 0 Å². The molecular formula is C24H32O6. The number of hydrogen-bond donors (Lipinski definition) is 2. The fourth-order valence-electron chi connectivity index (χ4n) is 7.87. The van der Waals surface area contributed by atoms with Crippen molar-refractivity contribution in [3.05, 3.63) is 23.8 Å². The van der Waals surface area contributed by atoms with Gasteiger partial charge < -0.3 is 19.7 Å². The van der Waals surface area contributed by atoms with Crippen LogP contribution in [-0.4, -0.2) is 46.1 Å². The highest BCUT2D eigenvalue weighted by molar-refractivity contribution is 6.01. The van der Waals surface area contributed by atoms with Crippen LogP contribution in [0, 0.1) is 28.6 Å². The van der Waals surface area contributed by atoms with Gasteiger partial charge in [-0.2, -0.15) is 0 Å². The van der Waals surface area contributed by atoms with Crippen molar-refractivity contribution in [2.45, 2.75) is 83.4 Å². The fraction of sp³-hybridized carbons (Fsp3) is 0.750. The molecule has 30 heavy (non-hydrogen) atoms. The highest BCUT2D eigenvalue weighted by atomic mass is 16.7. The van der Waals surface area contributed by atoms with Gasteiger partial charge in [0.05, 0.1) is 6.10 Å². The maximum atomic E-state index is 12.7. The van der Waals surface area contributed by atoms with E-state index in [9.17, 15) is 19.8 Å². The molecule has 0 amide bonds. The Bertz CT molecular complexity index is 847. The number of carboxylic acid groups (broad SMARTS) is 1. The van der Waals surface area contributed by atoms with Gasteiger partial charge in [0.25, 0.3) is 0 Å². The van der Waals surface area contributed by atoms with Gasteiger partial charge in [-0.3, -0.25) is 4.79 Å². The number of carbonyl (C=O) groups is 2. The Morgan fingerprint density at radius 2 is 2.10 bits per heavy atom. The Labute approximate surface area is 177 Å². The van der Waals surface area contributed by atoms with Crippen LogP contribution in [0.1, 0.15) is 59.3 Å². The van der Waals surface area contributed by atoms with Crippen molar-refractivity contribution in [1.29, 1.82) is 0 Å². The zero-order chi connectivity index (χ0) is 21.5. The molecule has 0 bridgehead atoms. The van der Waals surface area contributed by atoms with Crippen LogP contribution in [0.4, 0.5) is 0 Å². The molecule has 0 spiro atoms. The first-order valence-electron chi connectivity index (χ1n) is 11.4. The molecule has 1 heterocycles. The molecule has 1 aliphatic heterocycles. The van der Waals surface area contributed by atoms with Crippen LogP contribution in [0.3, 0.4) is 0 Å². The Hall–Kier alpha value is -1.50. The monoisotopic (exact) mass is 416 g/mol. The number of allylic oxidation sites excluding steroid dienone is 4. The second-order valence-corrected chi connectivity index (χ2v) is 10.4. The van der Waals surface area contributed by atoms with Crippen LogP contribution >= 0.6 is 0 Å². The van der Waals surface area contributed by atoms with Gasteiger partial charge in [-0.05, 0) is 56.1 Å². The largest absolute Gasteiger partial charge is 0.479 e. The zero-order valence-electron chi connectivity index (χ0n) is 18.0. The molecule has 0 radical (unpaired) electrons. The van der Waals surface area contributed by atoms with E-state index in [1.807, 2.05) is 19.9 Å². The average Bonchev–Trinajstić information content (AvgIpc) is 3.15. The summed E-state index contributed by atoms with van der Waals surface area (Å²) < 4.78 is 12.4. The molecule has 164 valence electrons. The zero-order valence-corrected chi connectivity index (χ0v) is 18.0. The molecule has 5 rings (SSSR count). The molecule has 6 nitrogen and oxygen atoms in total. The summed E-state index contributed by atoms with van der Waals surface area (Å²) in [6, 6.07) is 0. The maximum Gasteiger partial charge on any atom is 0.339 e. The van der Waals surface area contributed by atoms with Gasteiger partial charge in [-0.1, -0.05) is 38.8 Å².